The molecule has 0 radical (unpaired) electrons. The highest BCUT2D eigenvalue weighted by Crippen LogP contribution is 2.29. The number of hydrogen-bond donors (Lipinski definition) is 1. The van der Waals surface area contributed by atoms with Crippen molar-refractivity contribution in [3.05, 3.63) is 58.9 Å². The van der Waals surface area contributed by atoms with Crippen molar-refractivity contribution in [2.24, 2.45) is 11.1 Å². The van der Waals surface area contributed by atoms with Crippen LogP contribution in [0, 0.1) is 11.7 Å². The smallest absolute Gasteiger partial charge is 0.254 e. The molecule has 2 aliphatic rings. The van der Waals surface area contributed by atoms with Crippen molar-refractivity contribution in [1.82, 2.24) is 4.90 Å². The summed E-state index contributed by atoms with van der Waals surface area (Å²) in [6, 6.07) is 8.65. The first kappa shape index (κ1) is 24.3. The molecule has 1 aliphatic carbocycles. The molecule has 182 valence electrons. The second kappa shape index (κ2) is 9.81. The van der Waals surface area contributed by atoms with Gasteiger partial charge >= 0.3 is 0 Å². The van der Waals surface area contributed by atoms with Crippen molar-refractivity contribution < 1.29 is 27.1 Å². The fraction of sp³-hybridized carbons (Fsp3) is 0.417. The van der Waals surface area contributed by atoms with Crippen molar-refractivity contribution in [3.8, 4) is 0 Å². The number of nitrogens with zero attached hydrogens (tertiary/aromatic N) is 2. The lowest BCUT2D eigenvalue weighted by molar-refractivity contribution is 0.0734. The molecule has 34 heavy (non-hydrogen) atoms. The summed E-state index contributed by atoms with van der Waals surface area (Å²) in [5.74, 6) is -0.452. The van der Waals surface area contributed by atoms with E-state index >= 15 is 0 Å². The summed E-state index contributed by atoms with van der Waals surface area (Å²) < 4.78 is 44.0. The van der Waals surface area contributed by atoms with E-state index in [0.717, 1.165) is 12.8 Å². The number of rotatable bonds is 8. The molecule has 0 atom stereocenters. The van der Waals surface area contributed by atoms with E-state index < -0.39 is 15.8 Å². The Kier molecular flexibility index (Phi) is 7.01. The molecule has 2 aromatic carbocycles. The minimum Gasteiger partial charge on any atom is -0.376 e. The maximum atomic E-state index is 14.5. The standard InChI is InChI=1S/C24H28FN3O5S/c1-16(29)18-5-7-23(22(25)12-18)27-8-10-28(11-9-27)24(30)21-13-20(34(26,31)32)6-4-19(21)15-33-14-17-2-3-17/h4-7,12-13,17H,2-3,8-11,14-15H2,1H3,(H2,26,31,32). The van der Waals surface area contributed by atoms with Crippen molar-refractivity contribution in [2.45, 2.75) is 31.3 Å². The van der Waals surface area contributed by atoms with Gasteiger partial charge in [0.05, 0.1) is 17.2 Å². The predicted octanol–water partition coefficient (Wildman–Crippen LogP) is 2.56. The third-order valence-electron chi connectivity index (χ3n) is 6.21. The number of benzene rings is 2. The van der Waals surface area contributed by atoms with Gasteiger partial charge in [-0.3, -0.25) is 9.59 Å². The normalized spacial score (nSPS) is 16.6. The highest BCUT2D eigenvalue weighted by Gasteiger charge is 2.27. The summed E-state index contributed by atoms with van der Waals surface area (Å²) >= 11 is 0. The minimum absolute atomic E-state index is 0.131. The molecule has 4 rings (SSSR count). The Morgan fingerprint density at radius 2 is 1.79 bits per heavy atom. The number of Topliss-reactive ketones (excluding diaryl/α,β-unsaturated/α-hetero) is 1. The van der Waals surface area contributed by atoms with Crippen LogP contribution in [0.4, 0.5) is 10.1 Å². The third-order valence-corrected chi connectivity index (χ3v) is 7.12. The molecule has 2 N–H and O–H groups in total. The van der Waals surface area contributed by atoms with Gasteiger partial charge in [0, 0.05) is 43.9 Å². The summed E-state index contributed by atoms with van der Waals surface area (Å²) in [5, 5.41) is 5.28. The van der Waals surface area contributed by atoms with E-state index in [4.69, 9.17) is 9.88 Å². The molecule has 10 heteroatoms. The lowest BCUT2D eigenvalue weighted by Crippen LogP contribution is -2.49. The Hall–Kier alpha value is -2.82. The second-order valence-corrected chi connectivity index (χ2v) is 10.4. The Bertz CT molecular complexity index is 1210. The molecule has 1 aliphatic heterocycles. The summed E-state index contributed by atoms with van der Waals surface area (Å²) in [7, 11) is -3.97. The topological polar surface area (TPSA) is 110 Å². The quantitative estimate of drug-likeness (QED) is 0.571. The first-order chi connectivity index (χ1) is 16.1. The lowest BCUT2D eigenvalue weighted by atomic mass is 10.1. The van der Waals surface area contributed by atoms with Crippen LogP contribution in [-0.2, 0) is 21.4 Å². The van der Waals surface area contributed by atoms with E-state index in [1.807, 2.05) is 4.90 Å². The number of ether oxygens (including phenoxy) is 1. The van der Waals surface area contributed by atoms with Crippen molar-refractivity contribution >= 4 is 27.4 Å². The zero-order chi connectivity index (χ0) is 24.5. The molecule has 1 saturated carbocycles. The fourth-order valence-electron chi connectivity index (χ4n) is 3.98. The number of sulfonamides is 1. The number of nitrogens with two attached hydrogens (primary N) is 1. The molecule has 1 amide bonds. The molecular weight excluding hydrogens is 461 g/mol. The van der Waals surface area contributed by atoms with Crippen molar-refractivity contribution in [2.75, 3.05) is 37.7 Å². The number of halogens is 1. The van der Waals surface area contributed by atoms with Gasteiger partial charge in [-0.05, 0) is 61.6 Å². The van der Waals surface area contributed by atoms with Gasteiger partial charge in [-0.15, -0.1) is 0 Å². The molecule has 0 unspecified atom stereocenters. The van der Waals surface area contributed by atoms with Gasteiger partial charge in [0.1, 0.15) is 5.82 Å². The van der Waals surface area contributed by atoms with Crippen LogP contribution in [-0.4, -0.2) is 57.8 Å². The Morgan fingerprint density at radius 3 is 2.38 bits per heavy atom. The van der Waals surface area contributed by atoms with E-state index in [9.17, 15) is 22.4 Å². The highest BCUT2D eigenvalue weighted by atomic mass is 32.2. The number of anilines is 1. The molecule has 8 nitrogen and oxygen atoms in total. The first-order valence-corrected chi connectivity index (χ1v) is 12.8. The summed E-state index contributed by atoms with van der Waals surface area (Å²) in [6.45, 7) is 3.64. The number of ketones is 1. The van der Waals surface area contributed by atoms with E-state index in [-0.39, 0.29) is 28.8 Å². The minimum atomic E-state index is -3.97. The van der Waals surface area contributed by atoms with Gasteiger partial charge in [0.2, 0.25) is 10.0 Å². The highest BCUT2D eigenvalue weighted by molar-refractivity contribution is 7.89. The van der Waals surface area contributed by atoms with Crippen molar-refractivity contribution in [1.29, 1.82) is 0 Å². The van der Waals surface area contributed by atoms with Gasteiger partial charge in [-0.2, -0.15) is 0 Å². The number of hydrogen-bond acceptors (Lipinski definition) is 6. The molecule has 0 aromatic heterocycles. The Labute approximate surface area is 198 Å². The van der Waals surface area contributed by atoms with E-state index in [0.29, 0.717) is 55.5 Å². The second-order valence-electron chi connectivity index (χ2n) is 8.82. The molecule has 0 bridgehead atoms. The van der Waals surface area contributed by atoms with Crippen LogP contribution < -0.4 is 10.0 Å². The van der Waals surface area contributed by atoms with Gasteiger partial charge in [0.25, 0.3) is 5.91 Å². The maximum absolute atomic E-state index is 14.5. The van der Waals surface area contributed by atoms with Crippen molar-refractivity contribution in [3.63, 3.8) is 0 Å². The Morgan fingerprint density at radius 1 is 1.09 bits per heavy atom. The number of carbonyl (C=O) groups excluding carboxylic acids is 2. The molecule has 1 heterocycles. The predicted molar refractivity (Wildman–Crippen MR) is 125 cm³/mol. The summed E-state index contributed by atoms with van der Waals surface area (Å²) in [5.41, 5.74) is 1.53. The van der Waals surface area contributed by atoms with Crippen LogP contribution in [0.2, 0.25) is 0 Å². The summed E-state index contributed by atoms with van der Waals surface area (Å²) in [4.78, 5) is 28.1. The fourth-order valence-corrected chi connectivity index (χ4v) is 4.52. The largest absolute Gasteiger partial charge is 0.376 e. The van der Waals surface area contributed by atoms with Gasteiger partial charge < -0.3 is 14.5 Å². The van der Waals surface area contributed by atoms with Crippen LogP contribution in [0.5, 0.6) is 0 Å². The molecular formula is C24H28FN3O5S. The van der Waals surface area contributed by atoms with E-state index in [1.54, 1.807) is 23.1 Å². The third kappa shape index (κ3) is 5.63. The molecule has 1 saturated heterocycles. The molecule has 2 aromatic rings. The Balaban J connectivity index is 1.48. The van der Waals surface area contributed by atoms with Crippen LogP contribution in [0.15, 0.2) is 41.3 Å². The SMILES string of the molecule is CC(=O)c1ccc(N2CCN(C(=O)c3cc(S(N)(=O)=O)ccc3COCC3CC3)CC2)c(F)c1. The zero-order valence-corrected chi connectivity index (χ0v) is 19.8. The van der Waals surface area contributed by atoms with E-state index in [1.165, 1.54) is 25.1 Å². The average Bonchev–Trinajstić information content (AvgIpc) is 3.62. The summed E-state index contributed by atoms with van der Waals surface area (Å²) in [6.07, 6.45) is 2.27. The zero-order valence-electron chi connectivity index (χ0n) is 19.0. The molecule has 2 fully saturated rings. The average molecular weight is 490 g/mol. The molecule has 0 spiro atoms. The monoisotopic (exact) mass is 489 g/mol. The van der Waals surface area contributed by atoms with E-state index in [2.05, 4.69) is 0 Å². The lowest BCUT2D eigenvalue weighted by Gasteiger charge is -2.36. The number of amides is 1. The van der Waals surface area contributed by atoms with Gasteiger partial charge in [-0.25, -0.2) is 17.9 Å². The number of carbonyl (C=O) groups is 2. The maximum Gasteiger partial charge on any atom is 0.254 e. The van der Waals surface area contributed by atoms with Crippen LogP contribution in [0.25, 0.3) is 0 Å². The van der Waals surface area contributed by atoms with Gasteiger partial charge in [0.15, 0.2) is 5.78 Å². The van der Waals surface area contributed by atoms with Crippen LogP contribution in [0.3, 0.4) is 0 Å². The van der Waals surface area contributed by atoms with Crippen LogP contribution in [0.1, 0.15) is 46.0 Å². The van der Waals surface area contributed by atoms with Crippen LogP contribution >= 0.6 is 0 Å². The number of piperazine rings is 1. The number of primary sulfonamides is 1. The van der Waals surface area contributed by atoms with Gasteiger partial charge in [-0.1, -0.05) is 6.07 Å². The first-order valence-electron chi connectivity index (χ1n) is 11.2.